The third-order valence-electron chi connectivity index (χ3n) is 5.28. The fraction of sp³-hybridized carbons (Fsp3) is 0.333. The smallest absolute Gasteiger partial charge is 0.272 e. The molecule has 0 spiro atoms. The van der Waals surface area contributed by atoms with E-state index in [0.717, 1.165) is 0 Å². The van der Waals surface area contributed by atoms with Crippen molar-refractivity contribution in [1.29, 1.82) is 0 Å². The fourth-order valence-electron chi connectivity index (χ4n) is 3.55. The van der Waals surface area contributed by atoms with Gasteiger partial charge >= 0.3 is 0 Å². The number of Topliss-reactive ketones (excluding diaryl/α,β-unsaturated/α-hetero) is 1. The van der Waals surface area contributed by atoms with Gasteiger partial charge in [0.15, 0.2) is 29.6 Å². The molecule has 9 heteroatoms. The second-order valence-electron chi connectivity index (χ2n) is 7.81. The summed E-state index contributed by atoms with van der Waals surface area (Å²) >= 11 is 0. The SMILES string of the molecule is CC(C(=O)c1ccc2c(c1)N(C)C(=O)CO2)N1C(=O)C(C)(C)Oc2ccc(N)nc21. The number of benzene rings is 1. The maximum atomic E-state index is 13.3. The number of hydrogen-bond acceptors (Lipinski definition) is 7. The quantitative estimate of drug-likeness (QED) is 0.767. The summed E-state index contributed by atoms with van der Waals surface area (Å²) in [7, 11) is 1.62. The Kier molecular flexibility index (Phi) is 4.41. The van der Waals surface area contributed by atoms with E-state index in [-0.39, 0.29) is 29.9 Å². The molecular weight excluding hydrogens is 388 g/mol. The molecule has 1 atom stereocenters. The predicted octanol–water partition coefficient (Wildman–Crippen LogP) is 1.79. The van der Waals surface area contributed by atoms with Crippen molar-refractivity contribution in [3.63, 3.8) is 0 Å². The van der Waals surface area contributed by atoms with Crippen LogP contribution in [0.15, 0.2) is 30.3 Å². The van der Waals surface area contributed by atoms with Gasteiger partial charge in [-0.05, 0) is 51.1 Å². The van der Waals surface area contributed by atoms with Gasteiger partial charge in [-0.25, -0.2) is 4.98 Å². The van der Waals surface area contributed by atoms with Crippen LogP contribution in [0.3, 0.4) is 0 Å². The highest BCUT2D eigenvalue weighted by atomic mass is 16.5. The number of anilines is 3. The number of ketones is 1. The lowest BCUT2D eigenvalue weighted by atomic mass is 9.98. The average Bonchev–Trinajstić information content (AvgIpc) is 2.71. The summed E-state index contributed by atoms with van der Waals surface area (Å²) in [5.74, 6) is 0.378. The summed E-state index contributed by atoms with van der Waals surface area (Å²) in [4.78, 5) is 45.4. The van der Waals surface area contributed by atoms with Crippen LogP contribution in [0.1, 0.15) is 31.1 Å². The predicted molar refractivity (Wildman–Crippen MR) is 110 cm³/mol. The third kappa shape index (κ3) is 3.02. The first-order valence-corrected chi connectivity index (χ1v) is 9.47. The number of fused-ring (bicyclic) bond motifs is 2. The lowest BCUT2D eigenvalue weighted by Crippen LogP contribution is -2.57. The Hall–Kier alpha value is -3.62. The molecule has 0 saturated carbocycles. The van der Waals surface area contributed by atoms with Crippen molar-refractivity contribution >= 4 is 34.9 Å². The van der Waals surface area contributed by atoms with Crippen molar-refractivity contribution in [2.75, 3.05) is 29.2 Å². The molecular formula is C21H22N4O5. The summed E-state index contributed by atoms with van der Waals surface area (Å²) in [6.07, 6.45) is 0. The molecule has 2 aromatic rings. The number of nitrogens with two attached hydrogens (primary N) is 1. The molecule has 0 saturated heterocycles. The number of nitrogen functional groups attached to an aromatic ring is 1. The van der Waals surface area contributed by atoms with Crippen LogP contribution in [-0.2, 0) is 9.59 Å². The number of amides is 2. The van der Waals surface area contributed by atoms with Crippen molar-refractivity contribution in [1.82, 2.24) is 4.98 Å². The molecule has 1 aromatic heterocycles. The number of carbonyl (C=O) groups excluding carboxylic acids is 3. The summed E-state index contributed by atoms with van der Waals surface area (Å²) in [6, 6.07) is 7.18. The Balaban J connectivity index is 1.73. The van der Waals surface area contributed by atoms with Gasteiger partial charge in [0.1, 0.15) is 11.6 Å². The van der Waals surface area contributed by atoms with Crippen LogP contribution >= 0.6 is 0 Å². The molecule has 0 bridgehead atoms. The summed E-state index contributed by atoms with van der Waals surface area (Å²) < 4.78 is 11.2. The number of hydrogen-bond donors (Lipinski definition) is 1. The van der Waals surface area contributed by atoms with E-state index in [1.807, 2.05) is 0 Å². The molecule has 1 aromatic carbocycles. The van der Waals surface area contributed by atoms with E-state index in [9.17, 15) is 14.4 Å². The highest BCUT2D eigenvalue weighted by Crippen LogP contribution is 2.39. The first kappa shape index (κ1) is 19.7. The van der Waals surface area contributed by atoms with Crippen molar-refractivity contribution in [2.45, 2.75) is 32.4 Å². The van der Waals surface area contributed by atoms with Crippen LogP contribution in [0.25, 0.3) is 0 Å². The second-order valence-corrected chi connectivity index (χ2v) is 7.81. The lowest BCUT2D eigenvalue weighted by molar-refractivity contribution is -0.133. The third-order valence-corrected chi connectivity index (χ3v) is 5.28. The Labute approximate surface area is 173 Å². The summed E-state index contributed by atoms with van der Waals surface area (Å²) in [5, 5.41) is 0. The Morgan fingerprint density at radius 3 is 2.63 bits per heavy atom. The first-order valence-electron chi connectivity index (χ1n) is 9.47. The molecule has 2 aliphatic rings. The van der Waals surface area contributed by atoms with E-state index in [2.05, 4.69) is 4.98 Å². The summed E-state index contributed by atoms with van der Waals surface area (Å²) in [6.45, 7) is 4.85. The zero-order valence-corrected chi connectivity index (χ0v) is 17.1. The Morgan fingerprint density at radius 1 is 1.20 bits per heavy atom. The molecule has 156 valence electrons. The van der Waals surface area contributed by atoms with E-state index in [0.29, 0.717) is 22.7 Å². The Bertz CT molecular complexity index is 1080. The van der Waals surface area contributed by atoms with Crippen molar-refractivity contribution in [3.8, 4) is 11.5 Å². The molecule has 3 heterocycles. The second kappa shape index (κ2) is 6.72. The maximum Gasteiger partial charge on any atom is 0.272 e. The molecule has 2 amide bonds. The average molecular weight is 410 g/mol. The standard InChI is InChI=1S/C21H22N4O5/c1-11(18(27)12-5-6-14-13(9-12)24(4)17(26)10-29-14)25-19-15(7-8-16(22)23-19)30-21(2,3)20(25)28/h5-9,11H,10H2,1-4H3,(H2,22,23). The fourth-order valence-corrected chi connectivity index (χ4v) is 3.55. The van der Waals surface area contributed by atoms with Crippen molar-refractivity contribution in [2.24, 2.45) is 0 Å². The van der Waals surface area contributed by atoms with Crippen LogP contribution in [-0.4, -0.2) is 47.9 Å². The van der Waals surface area contributed by atoms with Gasteiger partial charge in [0.05, 0.1) is 11.7 Å². The number of nitrogens with zero attached hydrogens (tertiary/aromatic N) is 3. The normalized spacial score (nSPS) is 18.1. The zero-order chi connectivity index (χ0) is 21.8. The molecule has 30 heavy (non-hydrogen) atoms. The van der Waals surface area contributed by atoms with Crippen molar-refractivity contribution < 1.29 is 23.9 Å². The van der Waals surface area contributed by atoms with E-state index in [1.54, 1.807) is 58.2 Å². The van der Waals surface area contributed by atoms with Crippen LogP contribution < -0.4 is 25.0 Å². The minimum atomic E-state index is -1.17. The highest BCUT2D eigenvalue weighted by Gasteiger charge is 2.45. The van der Waals surface area contributed by atoms with E-state index >= 15 is 0 Å². The monoisotopic (exact) mass is 410 g/mol. The van der Waals surface area contributed by atoms with Gasteiger partial charge in [0, 0.05) is 12.6 Å². The van der Waals surface area contributed by atoms with E-state index in [1.165, 1.54) is 9.80 Å². The largest absolute Gasteiger partial charge is 0.482 e. The molecule has 1 unspecified atom stereocenters. The number of carbonyl (C=O) groups is 3. The van der Waals surface area contributed by atoms with Gasteiger partial charge in [0.2, 0.25) is 0 Å². The lowest BCUT2D eigenvalue weighted by Gasteiger charge is -2.40. The minimum absolute atomic E-state index is 0.0472. The highest BCUT2D eigenvalue weighted by molar-refractivity contribution is 6.11. The van der Waals surface area contributed by atoms with Gasteiger partial charge in [-0.2, -0.15) is 0 Å². The molecule has 2 N–H and O–H groups in total. The first-order chi connectivity index (χ1) is 14.1. The van der Waals surface area contributed by atoms with E-state index in [4.69, 9.17) is 15.2 Å². The number of rotatable bonds is 3. The zero-order valence-electron chi connectivity index (χ0n) is 17.1. The van der Waals surface area contributed by atoms with Crippen LogP contribution in [0, 0.1) is 0 Å². The number of aromatic nitrogens is 1. The number of pyridine rings is 1. The maximum absolute atomic E-state index is 13.3. The Morgan fingerprint density at radius 2 is 1.90 bits per heavy atom. The molecule has 0 radical (unpaired) electrons. The summed E-state index contributed by atoms with van der Waals surface area (Å²) in [5.41, 5.74) is 5.48. The van der Waals surface area contributed by atoms with Gasteiger partial charge in [0.25, 0.3) is 11.8 Å². The van der Waals surface area contributed by atoms with Crippen molar-refractivity contribution in [3.05, 3.63) is 35.9 Å². The van der Waals surface area contributed by atoms with Gasteiger partial charge in [-0.3, -0.25) is 19.3 Å². The molecule has 4 rings (SSSR count). The van der Waals surface area contributed by atoms with Crippen LogP contribution in [0.4, 0.5) is 17.3 Å². The number of likely N-dealkylation sites (N-methyl/N-ethyl adjacent to an activating group) is 1. The molecule has 0 fully saturated rings. The topological polar surface area (TPSA) is 115 Å². The van der Waals surface area contributed by atoms with Crippen LogP contribution in [0.5, 0.6) is 11.5 Å². The van der Waals surface area contributed by atoms with Gasteiger partial charge in [-0.15, -0.1) is 0 Å². The number of ether oxygens (including phenoxy) is 2. The minimum Gasteiger partial charge on any atom is -0.482 e. The molecule has 0 aliphatic carbocycles. The molecule has 2 aliphatic heterocycles. The van der Waals surface area contributed by atoms with E-state index < -0.39 is 17.6 Å². The van der Waals surface area contributed by atoms with Gasteiger partial charge < -0.3 is 20.1 Å². The van der Waals surface area contributed by atoms with Crippen LogP contribution in [0.2, 0.25) is 0 Å². The van der Waals surface area contributed by atoms with Gasteiger partial charge in [-0.1, -0.05) is 0 Å². The molecule has 9 nitrogen and oxygen atoms in total.